The van der Waals surface area contributed by atoms with Crippen molar-refractivity contribution in [2.45, 2.75) is 32.1 Å². The Morgan fingerprint density at radius 1 is 0.889 bits per heavy atom. The fraction of sp³-hybridized carbons (Fsp3) is 0.286. The molecular weight excluding hydrogens is 342 g/mol. The van der Waals surface area contributed by atoms with Crippen LogP contribution in [0.3, 0.4) is 0 Å². The molecule has 0 heterocycles. The van der Waals surface area contributed by atoms with E-state index in [4.69, 9.17) is 0 Å². The molecule has 3 amide bonds. The standard InChI is InChI=1S/C21H23N3O3/c1-22-21(27)24-18-7-3-6-17(13-18)23-20(26)11-10-19(25)16-9-8-14-4-2-5-15(14)12-16/h3,6-9,12-13H,2,4-5,10-11H2,1H3,(H,23,26)(H2,22,24,27). The van der Waals surface area contributed by atoms with Crippen molar-refractivity contribution in [3.63, 3.8) is 0 Å². The first kappa shape index (κ1) is 18.6. The monoisotopic (exact) mass is 365 g/mol. The van der Waals surface area contributed by atoms with Gasteiger partial charge in [-0.1, -0.05) is 18.2 Å². The summed E-state index contributed by atoms with van der Waals surface area (Å²) in [4.78, 5) is 35.9. The Morgan fingerprint density at radius 2 is 1.63 bits per heavy atom. The van der Waals surface area contributed by atoms with E-state index in [1.54, 1.807) is 24.3 Å². The first-order chi connectivity index (χ1) is 13.0. The van der Waals surface area contributed by atoms with Crippen molar-refractivity contribution >= 4 is 29.1 Å². The van der Waals surface area contributed by atoms with Gasteiger partial charge in [0.25, 0.3) is 0 Å². The molecule has 0 fully saturated rings. The molecule has 140 valence electrons. The Morgan fingerprint density at radius 3 is 2.41 bits per heavy atom. The number of amides is 3. The average Bonchev–Trinajstić information content (AvgIpc) is 3.14. The maximum Gasteiger partial charge on any atom is 0.318 e. The second-order valence-electron chi connectivity index (χ2n) is 6.59. The normalized spacial score (nSPS) is 12.2. The number of urea groups is 1. The predicted octanol–water partition coefficient (Wildman–Crippen LogP) is 3.53. The van der Waals surface area contributed by atoms with E-state index in [1.165, 1.54) is 18.2 Å². The van der Waals surface area contributed by atoms with Crippen molar-refractivity contribution < 1.29 is 14.4 Å². The van der Waals surface area contributed by atoms with Gasteiger partial charge in [-0.15, -0.1) is 0 Å². The van der Waals surface area contributed by atoms with Crippen LogP contribution in [0.4, 0.5) is 16.2 Å². The van der Waals surface area contributed by atoms with E-state index in [0.29, 0.717) is 16.9 Å². The molecule has 0 bridgehead atoms. The molecule has 0 radical (unpaired) electrons. The smallest absolute Gasteiger partial charge is 0.318 e. The fourth-order valence-corrected chi connectivity index (χ4v) is 3.21. The molecule has 0 aromatic heterocycles. The Balaban J connectivity index is 1.53. The van der Waals surface area contributed by atoms with E-state index in [2.05, 4.69) is 16.0 Å². The molecule has 2 aromatic carbocycles. The van der Waals surface area contributed by atoms with Crippen LogP contribution in [0.2, 0.25) is 0 Å². The molecule has 3 N–H and O–H groups in total. The summed E-state index contributed by atoms with van der Waals surface area (Å²) in [6, 6.07) is 12.4. The average molecular weight is 365 g/mol. The summed E-state index contributed by atoms with van der Waals surface area (Å²) in [5.74, 6) is -0.253. The molecule has 0 unspecified atom stereocenters. The summed E-state index contributed by atoms with van der Waals surface area (Å²) in [5.41, 5.74) is 4.40. The van der Waals surface area contributed by atoms with Gasteiger partial charge < -0.3 is 16.0 Å². The maximum atomic E-state index is 12.4. The molecule has 6 nitrogen and oxygen atoms in total. The summed E-state index contributed by atoms with van der Waals surface area (Å²) >= 11 is 0. The van der Waals surface area contributed by atoms with Crippen LogP contribution < -0.4 is 16.0 Å². The quantitative estimate of drug-likeness (QED) is 0.685. The van der Waals surface area contributed by atoms with Gasteiger partial charge in [-0.25, -0.2) is 4.79 Å². The highest BCUT2D eigenvalue weighted by Crippen LogP contribution is 2.23. The van der Waals surface area contributed by atoms with Crippen LogP contribution in [0, 0.1) is 0 Å². The van der Waals surface area contributed by atoms with Crippen molar-refractivity contribution in [2.24, 2.45) is 0 Å². The van der Waals surface area contributed by atoms with Gasteiger partial charge in [0, 0.05) is 36.8 Å². The minimum Gasteiger partial charge on any atom is -0.341 e. The topological polar surface area (TPSA) is 87.3 Å². The van der Waals surface area contributed by atoms with Crippen LogP contribution in [0.1, 0.15) is 40.7 Å². The predicted molar refractivity (Wildman–Crippen MR) is 105 cm³/mol. The minimum absolute atomic E-state index is 0.0186. The summed E-state index contributed by atoms with van der Waals surface area (Å²) < 4.78 is 0. The zero-order chi connectivity index (χ0) is 19.2. The van der Waals surface area contributed by atoms with E-state index in [0.717, 1.165) is 19.3 Å². The number of anilines is 2. The molecule has 27 heavy (non-hydrogen) atoms. The van der Waals surface area contributed by atoms with Gasteiger partial charge in [-0.05, 0) is 54.7 Å². The number of Topliss-reactive ketones (excluding diaryl/α,β-unsaturated/α-hetero) is 1. The molecular formula is C21H23N3O3. The second kappa shape index (κ2) is 8.49. The van der Waals surface area contributed by atoms with Gasteiger partial charge in [0.1, 0.15) is 0 Å². The van der Waals surface area contributed by atoms with Crippen LogP contribution in [-0.2, 0) is 17.6 Å². The van der Waals surface area contributed by atoms with Gasteiger partial charge in [0.15, 0.2) is 5.78 Å². The third-order valence-electron chi connectivity index (χ3n) is 4.63. The van der Waals surface area contributed by atoms with E-state index in [9.17, 15) is 14.4 Å². The molecule has 0 saturated heterocycles. The second-order valence-corrected chi connectivity index (χ2v) is 6.59. The number of aryl methyl sites for hydroxylation is 2. The largest absolute Gasteiger partial charge is 0.341 e. The van der Waals surface area contributed by atoms with Crippen LogP contribution in [-0.4, -0.2) is 24.8 Å². The number of hydrogen-bond donors (Lipinski definition) is 3. The Bertz CT molecular complexity index is 877. The van der Waals surface area contributed by atoms with Crippen LogP contribution in [0.15, 0.2) is 42.5 Å². The summed E-state index contributed by atoms with van der Waals surface area (Å²) in [6.07, 6.45) is 3.53. The minimum atomic E-state index is -0.335. The number of carbonyl (C=O) groups excluding carboxylic acids is 3. The van der Waals surface area contributed by atoms with Gasteiger partial charge >= 0.3 is 6.03 Å². The number of ketones is 1. The first-order valence-corrected chi connectivity index (χ1v) is 9.09. The summed E-state index contributed by atoms with van der Waals surface area (Å²) in [7, 11) is 1.53. The highest BCUT2D eigenvalue weighted by Gasteiger charge is 2.15. The van der Waals surface area contributed by atoms with Crippen molar-refractivity contribution in [1.29, 1.82) is 0 Å². The number of fused-ring (bicyclic) bond motifs is 1. The van der Waals surface area contributed by atoms with Crippen molar-refractivity contribution in [1.82, 2.24) is 5.32 Å². The number of rotatable bonds is 6. The lowest BCUT2D eigenvalue weighted by Crippen LogP contribution is -2.24. The zero-order valence-corrected chi connectivity index (χ0v) is 15.3. The lowest BCUT2D eigenvalue weighted by atomic mass is 10.0. The SMILES string of the molecule is CNC(=O)Nc1cccc(NC(=O)CCC(=O)c2ccc3c(c2)CCC3)c1. The molecule has 0 spiro atoms. The Hall–Kier alpha value is -3.15. The number of benzene rings is 2. The molecule has 1 aliphatic carbocycles. The van der Waals surface area contributed by atoms with Crippen molar-refractivity contribution in [2.75, 3.05) is 17.7 Å². The van der Waals surface area contributed by atoms with Crippen molar-refractivity contribution in [3.8, 4) is 0 Å². The van der Waals surface area contributed by atoms with Gasteiger partial charge in [-0.2, -0.15) is 0 Å². The third kappa shape index (κ3) is 4.94. The van der Waals surface area contributed by atoms with E-state index in [-0.39, 0.29) is 30.6 Å². The number of hydrogen-bond acceptors (Lipinski definition) is 3. The number of nitrogens with one attached hydrogen (secondary N) is 3. The molecule has 1 aliphatic rings. The fourth-order valence-electron chi connectivity index (χ4n) is 3.21. The highest BCUT2D eigenvalue weighted by atomic mass is 16.2. The molecule has 0 saturated carbocycles. The van der Waals surface area contributed by atoms with Crippen LogP contribution in [0.25, 0.3) is 0 Å². The van der Waals surface area contributed by atoms with Gasteiger partial charge in [0.05, 0.1) is 0 Å². The maximum absolute atomic E-state index is 12.4. The molecule has 0 atom stereocenters. The van der Waals surface area contributed by atoms with Crippen LogP contribution >= 0.6 is 0 Å². The first-order valence-electron chi connectivity index (χ1n) is 9.09. The zero-order valence-electron chi connectivity index (χ0n) is 15.3. The lowest BCUT2D eigenvalue weighted by molar-refractivity contribution is -0.116. The lowest BCUT2D eigenvalue weighted by Gasteiger charge is -2.09. The molecule has 0 aliphatic heterocycles. The van der Waals surface area contributed by atoms with Crippen molar-refractivity contribution in [3.05, 3.63) is 59.2 Å². The van der Waals surface area contributed by atoms with Crippen LogP contribution in [0.5, 0.6) is 0 Å². The van der Waals surface area contributed by atoms with Gasteiger partial charge in [-0.3, -0.25) is 9.59 Å². The molecule has 6 heteroatoms. The number of carbonyl (C=O) groups is 3. The Labute approximate surface area is 158 Å². The molecule has 3 rings (SSSR count). The molecule has 2 aromatic rings. The van der Waals surface area contributed by atoms with E-state index < -0.39 is 0 Å². The van der Waals surface area contributed by atoms with E-state index in [1.807, 2.05) is 18.2 Å². The van der Waals surface area contributed by atoms with Gasteiger partial charge in [0.2, 0.25) is 5.91 Å². The highest BCUT2D eigenvalue weighted by molar-refractivity contribution is 6.00. The summed E-state index contributed by atoms with van der Waals surface area (Å²) in [5, 5.41) is 7.86. The van der Waals surface area contributed by atoms with E-state index >= 15 is 0 Å². The Kier molecular flexibility index (Phi) is 5.86. The third-order valence-corrected chi connectivity index (χ3v) is 4.63. The summed E-state index contributed by atoms with van der Waals surface area (Å²) in [6.45, 7) is 0.